The average Bonchev–Trinajstić information content (AvgIpc) is 3.10. The molecule has 0 heterocycles. The number of amides is 1. The van der Waals surface area contributed by atoms with E-state index in [-0.39, 0.29) is 17.4 Å². The fraction of sp³-hybridized carbons (Fsp3) is 0.500. The van der Waals surface area contributed by atoms with E-state index in [1.807, 2.05) is 31.2 Å². The van der Waals surface area contributed by atoms with Crippen LogP contribution in [0.15, 0.2) is 24.3 Å². The lowest BCUT2D eigenvalue weighted by Gasteiger charge is -2.19. The van der Waals surface area contributed by atoms with Gasteiger partial charge in [0.05, 0.1) is 5.41 Å². The number of nitrogens with one attached hydrogen (secondary N) is 1. The zero-order chi connectivity index (χ0) is 12.5. The predicted octanol–water partition coefficient (Wildman–Crippen LogP) is 3.29. The first-order valence-electron chi connectivity index (χ1n) is 6.15. The molecule has 0 aromatic heterocycles. The first kappa shape index (κ1) is 12.4. The molecule has 3 heteroatoms. The molecule has 2 nitrogen and oxygen atoms in total. The first-order valence-corrected chi connectivity index (χ1v) is 6.53. The molecule has 1 amide bonds. The number of hydrogen-bond acceptors (Lipinski definition) is 1. The summed E-state index contributed by atoms with van der Waals surface area (Å²) in [6, 6.07) is 7.89. The lowest BCUT2D eigenvalue weighted by atomic mass is 9.94. The second-order valence-corrected chi connectivity index (χ2v) is 5.31. The Morgan fingerprint density at radius 3 is 2.76 bits per heavy atom. The van der Waals surface area contributed by atoms with E-state index in [1.54, 1.807) is 0 Å². The zero-order valence-corrected chi connectivity index (χ0v) is 11.1. The van der Waals surface area contributed by atoms with Crippen molar-refractivity contribution in [3.05, 3.63) is 34.9 Å². The van der Waals surface area contributed by atoms with Crippen LogP contribution in [-0.2, 0) is 10.2 Å². The Morgan fingerprint density at radius 1 is 1.53 bits per heavy atom. The number of rotatable bonds is 4. The van der Waals surface area contributed by atoms with Crippen LogP contribution in [0.1, 0.15) is 38.7 Å². The summed E-state index contributed by atoms with van der Waals surface area (Å²) in [6.07, 6.45) is 2.81. The van der Waals surface area contributed by atoms with Crippen LogP contribution in [0, 0.1) is 0 Å². The molecular weight excluding hydrogens is 234 g/mol. The third kappa shape index (κ3) is 2.47. The van der Waals surface area contributed by atoms with Crippen LogP contribution in [0.4, 0.5) is 0 Å². The summed E-state index contributed by atoms with van der Waals surface area (Å²) in [7, 11) is 0. The van der Waals surface area contributed by atoms with Gasteiger partial charge in [0.25, 0.3) is 0 Å². The number of hydrogen-bond donors (Lipinski definition) is 1. The lowest BCUT2D eigenvalue weighted by Crippen LogP contribution is -2.39. The van der Waals surface area contributed by atoms with Crippen LogP contribution in [0.5, 0.6) is 0 Å². The van der Waals surface area contributed by atoms with E-state index in [1.165, 1.54) is 0 Å². The third-order valence-corrected chi connectivity index (χ3v) is 3.79. The van der Waals surface area contributed by atoms with E-state index >= 15 is 0 Å². The molecule has 0 spiro atoms. The molecule has 17 heavy (non-hydrogen) atoms. The van der Waals surface area contributed by atoms with Crippen LogP contribution in [0.25, 0.3) is 0 Å². The van der Waals surface area contributed by atoms with E-state index in [4.69, 9.17) is 11.6 Å². The molecule has 1 aromatic rings. The van der Waals surface area contributed by atoms with Gasteiger partial charge in [0.15, 0.2) is 0 Å². The summed E-state index contributed by atoms with van der Waals surface area (Å²) < 4.78 is 0. The van der Waals surface area contributed by atoms with Crippen LogP contribution in [0.2, 0.25) is 5.02 Å². The van der Waals surface area contributed by atoms with Crippen molar-refractivity contribution < 1.29 is 4.79 Å². The Labute approximate surface area is 107 Å². The maximum atomic E-state index is 12.3. The SMILES string of the molecule is CCC(C)NC(=O)C1(c2cccc(Cl)c2)CC1. The van der Waals surface area contributed by atoms with Gasteiger partial charge in [0.1, 0.15) is 0 Å². The van der Waals surface area contributed by atoms with Crippen molar-refractivity contribution >= 4 is 17.5 Å². The molecule has 0 aliphatic heterocycles. The molecule has 1 unspecified atom stereocenters. The highest BCUT2D eigenvalue weighted by Gasteiger charge is 2.51. The molecular formula is C14H18ClNO. The van der Waals surface area contributed by atoms with Gasteiger partial charge < -0.3 is 5.32 Å². The van der Waals surface area contributed by atoms with E-state index in [9.17, 15) is 4.79 Å². The number of benzene rings is 1. The van der Waals surface area contributed by atoms with Gasteiger partial charge in [-0.05, 0) is 43.9 Å². The van der Waals surface area contributed by atoms with Crippen molar-refractivity contribution in [3.8, 4) is 0 Å². The van der Waals surface area contributed by atoms with Crippen molar-refractivity contribution in [2.75, 3.05) is 0 Å². The van der Waals surface area contributed by atoms with E-state index in [2.05, 4.69) is 12.2 Å². The van der Waals surface area contributed by atoms with Gasteiger partial charge >= 0.3 is 0 Å². The molecule has 0 radical (unpaired) electrons. The predicted molar refractivity (Wildman–Crippen MR) is 70.3 cm³/mol. The Bertz CT molecular complexity index is 426. The largest absolute Gasteiger partial charge is 0.353 e. The Hall–Kier alpha value is -1.02. The summed E-state index contributed by atoms with van der Waals surface area (Å²) in [6.45, 7) is 4.11. The van der Waals surface area contributed by atoms with Gasteiger partial charge in [-0.1, -0.05) is 30.7 Å². The molecule has 1 atom stereocenters. The monoisotopic (exact) mass is 251 g/mol. The summed E-state index contributed by atoms with van der Waals surface area (Å²) in [5.41, 5.74) is 0.736. The summed E-state index contributed by atoms with van der Waals surface area (Å²) in [4.78, 5) is 12.3. The fourth-order valence-electron chi connectivity index (χ4n) is 2.02. The number of halogens is 1. The number of carbonyl (C=O) groups is 1. The molecule has 92 valence electrons. The van der Waals surface area contributed by atoms with Gasteiger partial charge in [-0.2, -0.15) is 0 Å². The van der Waals surface area contributed by atoms with Crippen LogP contribution in [-0.4, -0.2) is 11.9 Å². The normalized spacial score (nSPS) is 18.5. The summed E-state index contributed by atoms with van der Waals surface area (Å²) >= 11 is 5.98. The van der Waals surface area contributed by atoms with Crippen molar-refractivity contribution in [3.63, 3.8) is 0 Å². The fourth-order valence-corrected chi connectivity index (χ4v) is 2.21. The minimum absolute atomic E-state index is 0.147. The first-order chi connectivity index (χ1) is 8.08. The van der Waals surface area contributed by atoms with Crippen molar-refractivity contribution in [1.29, 1.82) is 0 Å². The lowest BCUT2D eigenvalue weighted by molar-refractivity contribution is -0.124. The average molecular weight is 252 g/mol. The minimum Gasteiger partial charge on any atom is -0.353 e. The zero-order valence-electron chi connectivity index (χ0n) is 10.3. The maximum absolute atomic E-state index is 12.3. The Balaban J connectivity index is 2.17. The molecule has 0 bridgehead atoms. The van der Waals surface area contributed by atoms with Gasteiger partial charge in [0.2, 0.25) is 5.91 Å². The second-order valence-electron chi connectivity index (χ2n) is 4.88. The molecule has 0 saturated heterocycles. The van der Waals surface area contributed by atoms with Gasteiger partial charge in [-0.25, -0.2) is 0 Å². The summed E-state index contributed by atoms with van der Waals surface area (Å²) in [5.74, 6) is 0.147. The van der Waals surface area contributed by atoms with Gasteiger partial charge in [-0.3, -0.25) is 4.79 Å². The van der Waals surface area contributed by atoms with Crippen molar-refractivity contribution in [2.24, 2.45) is 0 Å². The topological polar surface area (TPSA) is 29.1 Å². The maximum Gasteiger partial charge on any atom is 0.230 e. The van der Waals surface area contributed by atoms with Crippen LogP contribution in [0.3, 0.4) is 0 Å². The molecule has 1 saturated carbocycles. The van der Waals surface area contributed by atoms with Crippen molar-refractivity contribution in [2.45, 2.75) is 44.6 Å². The van der Waals surface area contributed by atoms with E-state index in [0.29, 0.717) is 5.02 Å². The molecule has 1 N–H and O–H groups in total. The van der Waals surface area contributed by atoms with E-state index < -0.39 is 0 Å². The quantitative estimate of drug-likeness (QED) is 0.874. The summed E-state index contributed by atoms with van der Waals surface area (Å²) in [5, 5.41) is 3.77. The molecule has 1 aliphatic rings. The molecule has 1 aliphatic carbocycles. The minimum atomic E-state index is -0.311. The third-order valence-electron chi connectivity index (χ3n) is 3.55. The Morgan fingerprint density at radius 2 is 2.24 bits per heavy atom. The second kappa shape index (κ2) is 4.69. The molecule has 1 aromatic carbocycles. The highest BCUT2D eigenvalue weighted by molar-refractivity contribution is 6.30. The highest BCUT2D eigenvalue weighted by Crippen LogP contribution is 2.48. The standard InChI is InChI=1S/C14H18ClNO/c1-3-10(2)16-13(17)14(7-8-14)11-5-4-6-12(15)9-11/h4-6,9-10H,3,7-8H2,1-2H3,(H,16,17). The van der Waals surface area contributed by atoms with Crippen LogP contribution < -0.4 is 5.32 Å². The van der Waals surface area contributed by atoms with Crippen LogP contribution >= 0.6 is 11.6 Å². The molecule has 1 fully saturated rings. The van der Waals surface area contributed by atoms with Crippen molar-refractivity contribution in [1.82, 2.24) is 5.32 Å². The Kier molecular flexibility index (Phi) is 3.43. The molecule has 2 rings (SSSR count). The van der Waals surface area contributed by atoms with E-state index in [0.717, 1.165) is 24.8 Å². The highest BCUT2D eigenvalue weighted by atomic mass is 35.5. The number of carbonyl (C=O) groups excluding carboxylic acids is 1. The van der Waals surface area contributed by atoms with Gasteiger partial charge in [0, 0.05) is 11.1 Å². The smallest absolute Gasteiger partial charge is 0.230 e. The van der Waals surface area contributed by atoms with Gasteiger partial charge in [-0.15, -0.1) is 0 Å².